The molecule has 0 fully saturated rings. The van der Waals surface area contributed by atoms with Gasteiger partial charge in [0.1, 0.15) is 31.0 Å². The van der Waals surface area contributed by atoms with Crippen molar-refractivity contribution in [1.29, 1.82) is 0 Å². The Balaban J connectivity index is 1.62. The van der Waals surface area contributed by atoms with Crippen LogP contribution in [0.4, 0.5) is 4.79 Å². The highest BCUT2D eigenvalue weighted by Crippen LogP contribution is 2.16. The van der Waals surface area contributed by atoms with Crippen LogP contribution in [0.15, 0.2) is 84.9 Å². The molecule has 3 aromatic carbocycles. The fourth-order valence-corrected chi connectivity index (χ4v) is 3.57. The predicted octanol–water partition coefficient (Wildman–Crippen LogP) is 1.71. The molecule has 0 aliphatic carbocycles. The lowest BCUT2D eigenvalue weighted by molar-refractivity contribution is -0.130. The van der Waals surface area contributed by atoms with Crippen LogP contribution in [0.1, 0.15) is 23.6 Å². The Hall–Kier alpha value is -4.90. The highest BCUT2D eigenvalue weighted by Gasteiger charge is 2.25. The third-order valence-electron chi connectivity index (χ3n) is 5.77. The van der Waals surface area contributed by atoms with Gasteiger partial charge in [-0.25, -0.2) is 10.6 Å². The molecule has 11 nitrogen and oxygen atoms in total. The molecule has 0 saturated heterocycles. The van der Waals surface area contributed by atoms with Gasteiger partial charge in [-0.05, 0) is 35.7 Å². The third kappa shape index (κ3) is 10.1. The topological polar surface area (TPSA) is 161 Å². The van der Waals surface area contributed by atoms with Crippen LogP contribution in [0.3, 0.4) is 0 Å². The van der Waals surface area contributed by atoms with E-state index in [0.29, 0.717) is 12.4 Å². The van der Waals surface area contributed by atoms with Crippen LogP contribution in [0.25, 0.3) is 0 Å². The van der Waals surface area contributed by atoms with Gasteiger partial charge in [0, 0.05) is 6.42 Å². The Morgan fingerprint density at radius 1 is 0.750 bits per heavy atom. The molecule has 0 aliphatic rings. The molecule has 2 atom stereocenters. The van der Waals surface area contributed by atoms with Crippen molar-refractivity contribution in [3.63, 3.8) is 0 Å². The molecule has 40 heavy (non-hydrogen) atoms. The number of amides is 4. The number of carbonyl (C=O) groups is 4. The lowest BCUT2D eigenvalue weighted by atomic mass is 10.0. The van der Waals surface area contributed by atoms with Crippen LogP contribution in [0.2, 0.25) is 0 Å². The van der Waals surface area contributed by atoms with Crippen molar-refractivity contribution >= 4 is 23.8 Å². The Morgan fingerprint density at radius 2 is 1.35 bits per heavy atom. The van der Waals surface area contributed by atoms with Gasteiger partial charge in [0.2, 0.25) is 11.8 Å². The van der Waals surface area contributed by atoms with E-state index in [2.05, 4.69) is 16.0 Å². The van der Waals surface area contributed by atoms with Gasteiger partial charge in [0.15, 0.2) is 0 Å². The summed E-state index contributed by atoms with van der Waals surface area (Å²) in [6.45, 7) is 1.54. The third-order valence-corrected chi connectivity index (χ3v) is 5.77. The molecule has 4 amide bonds. The first-order valence-corrected chi connectivity index (χ1v) is 12.6. The van der Waals surface area contributed by atoms with Gasteiger partial charge in [-0.2, -0.15) is 0 Å². The standard InChI is InChI=1S/C29H33N5O6/c1-20(27(36)31-17-26(35)34-30)32-28(37)25(33-29(38)40-19-23-10-6-3-7-11-23)16-21-12-14-24(15-13-21)39-18-22-8-4-2-5-9-22/h2-15,20,25H,16-19,30H2,1H3,(H,31,36)(H,32,37)(H,33,38)(H,34,35)/t20-,25+/m1/s1. The number of hydrogen-bond donors (Lipinski definition) is 5. The fourth-order valence-electron chi connectivity index (χ4n) is 3.57. The summed E-state index contributed by atoms with van der Waals surface area (Å²) in [5.74, 6) is 3.86. The maximum Gasteiger partial charge on any atom is 0.408 e. The first-order chi connectivity index (χ1) is 19.3. The zero-order valence-corrected chi connectivity index (χ0v) is 22.1. The summed E-state index contributed by atoms with van der Waals surface area (Å²) in [6.07, 6.45) is -0.668. The molecule has 0 aliphatic heterocycles. The molecule has 3 rings (SSSR count). The lowest BCUT2D eigenvalue weighted by Crippen LogP contribution is -2.54. The number of benzene rings is 3. The number of rotatable bonds is 13. The molecule has 0 saturated carbocycles. The summed E-state index contributed by atoms with van der Waals surface area (Å²) in [5, 5.41) is 7.51. The maximum atomic E-state index is 13.1. The predicted molar refractivity (Wildman–Crippen MR) is 147 cm³/mol. The van der Waals surface area contributed by atoms with Gasteiger partial charge in [-0.3, -0.25) is 19.8 Å². The van der Waals surface area contributed by atoms with Crippen molar-refractivity contribution in [3.05, 3.63) is 102 Å². The molecule has 0 spiro atoms. The second-order valence-corrected chi connectivity index (χ2v) is 8.90. The number of carbonyl (C=O) groups excluding carboxylic acids is 4. The molecule has 0 bridgehead atoms. The summed E-state index contributed by atoms with van der Waals surface area (Å²) >= 11 is 0. The second-order valence-electron chi connectivity index (χ2n) is 8.90. The van der Waals surface area contributed by atoms with Gasteiger partial charge in [0.05, 0.1) is 6.54 Å². The molecular formula is C29H33N5O6. The van der Waals surface area contributed by atoms with E-state index in [1.165, 1.54) is 6.92 Å². The molecule has 6 N–H and O–H groups in total. The van der Waals surface area contributed by atoms with Crippen molar-refractivity contribution in [2.75, 3.05) is 6.54 Å². The normalized spacial score (nSPS) is 11.8. The van der Waals surface area contributed by atoms with Crippen LogP contribution in [0, 0.1) is 0 Å². The summed E-state index contributed by atoms with van der Waals surface area (Å²) < 4.78 is 11.1. The van der Waals surface area contributed by atoms with Crippen LogP contribution >= 0.6 is 0 Å². The minimum Gasteiger partial charge on any atom is -0.489 e. The van der Waals surface area contributed by atoms with Crippen LogP contribution < -0.4 is 32.0 Å². The smallest absolute Gasteiger partial charge is 0.408 e. The Morgan fingerprint density at radius 3 is 1.95 bits per heavy atom. The fraction of sp³-hybridized carbons (Fsp3) is 0.241. The second kappa shape index (κ2) is 15.5. The Bertz CT molecular complexity index is 1250. The van der Waals surface area contributed by atoms with Gasteiger partial charge < -0.3 is 25.4 Å². The number of hydrazine groups is 1. The number of nitrogens with one attached hydrogen (secondary N) is 4. The van der Waals surface area contributed by atoms with Crippen molar-refractivity contribution in [2.24, 2.45) is 5.84 Å². The summed E-state index contributed by atoms with van der Waals surface area (Å²) in [4.78, 5) is 49.2. The van der Waals surface area contributed by atoms with E-state index in [1.54, 1.807) is 24.3 Å². The van der Waals surface area contributed by atoms with Crippen LogP contribution in [-0.4, -0.2) is 42.4 Å². The number of alkyl carbamates (subject to hydrolysis) is 1. The van der Waals surface area contributed by atoms with E-state index in [0.717, 1.165) is 16.7 Å². The quantitative estimate of drug-likeness (QED) is 0.124. The van der Waals surface area contributed by atoms with Crippen molar-refractivity contribution < 1.29 is 28.7 Å². The lowest BCUT2D eigenvalue weighted by Gasteiger charge is -2.21. The average molecular weight is 548 g/mol. The molecule has 210 valence electrons. The molecule has 0 aromatic heterocycles. The highest BCUT2D eigenvalue weighted by molar-refractivity contribution is 5.92. The first-order valence-electron chi connectivity index (χ1n) is 12.6. The van der Waals surface area contributed by atoms with Gasteiger partial charge in [-0.15, -0.1) is 0 Å². The van der Waals surface area contributed by atoms with Crippen molar-refractivity contribution in [3.8, 4) is 5.75 Å². The monoisotopic (exact) mass is 547 g/mol. The van der Waals surface area contributed by atoms with Gasteiger partial charge >= 0.3 is 6.09 Å². The maximum absolute atomic E-state index is 13.1. The van der Waals surface area contributed by atoms with E-state index in [4.69, 9.17) is 15.3 Å². The zero-order valence-electron chi connectivity index (χ0n) is 22.1. The zero-order chi connectivity index (χ0) is 28.7. The molecular weight excluding hydrogens is 514 g/mol. The number of ether oxygens (including phenoxy) is 2. The van der Waals surface area contributed by atoms with E-state index in [-0.39, 0.29) is 19.6 Å². The van der Waals surface area contributed by atoms with Gasteiger partial charge in [0.25, 0.3) is 5.91 Å². The summed E-state index contributed by atoms with van der Waals surface area (Å²) in [7, 11) is 0. The van der Waals surface area contributed by atoms with E-state index in [9.17, 15) is 19.2 Å². The van der Waals surface area contributed by atoms with Crippen molar-refractivity contribution in [2.45, 2.75) is 38.6 Å². The molecule has 3 aromatic rings. The Kier molecular flexibility index (Phi) is 11.5. The summed E-state index contributed by atoms with van der Waals surface area (Å²) in [6, 6.07) is 23.9. The largest absolute Gasteiger partial charge is 0.489 e. The van der Waals surface area contributed by atoms with E-state index in [1.807, 2.05) is 66.1 Å². The summed E-state index contributed by atoms with van der Waals surface area (Å²) in [5.41, 5.74) is 4.46. The average Bonchev–Trinajstić information content (AvgIpc) is 2.98. The van der Waals surface area contributed by atoms with Crippen LogP contribution in [-0.2, 0) is 38.8 Å². The minimum absolute atomic E-state index is 0.0243. The Labute approximate surface area is 232 Å². The first kappa shape index (κ1) is 29.7. The SMILES string of the molecule is C[C@@H](NC(=O)[C@H](Cc1ccc(OCc2ccccc2)cc1)NC(=O)OCc1ccccc1)C(=O)NCC(=O)NN. The van der Waals surface area contributed by atoms with Crippen molar-refractivity contribution in [1.82, 2.24) is 21.4 Å². The minimum atomic E-state index is -1.05. The highest BCUT2D eigenvalue weighted by atomic mass is 16.5. The number of nitrogens with two attached hydrogens (primary N) is 1. The van der Waals surface area contributed by atoms with E-state index < -0.39 is 35.9 Å². The molecule has 0 unspecified atom stereocenters. The number of hydrogen-bond acceptors (Lipinski definition) is 7. The van der Waals surface area contributed by atoms with Gasteiger partial charge in [-0.1, -0.05) is 72.8 Å². The van der Waals surface area contributed by atoms with E-state index >= 15 is 0 Å². The molecule has 0 radical (unpaired) electrons. The molecule has 0 heterocycles. The molecule has 11 heteroatoms. The van der Waals surface area contributed by atoms with Crippen LogP contribution in [0.5, 0.6) is 5.75 Å².